The molecule has 0 saturated carbocycles. The van der Waals surface area contributed by atoms with Crippen LogP contribution in [0.1, 0.15) is 19.4 Å². The normalized spacial score (nSPS) is 12.4. The van der Waals surface area contributed by atoms with Crippen LogP contribution in [-0.4, -0.2) is 30.9 Å². The number of aryl methyl sites for hydroxylation is 1. The lowest BCUT2D eigenvalue weighted by atomic mass is 10.2. The molecule has 9 heteroatoms. The number of rotatable bonds is 6. The minimum absolute atomic E-state index is 0.0892. The second-order valence-electron chi connectivity index (χ2n) is 5.12. The fourth-order valence-electron chi connectivity index (χ4n) is 1.43. The lowest BCUT2D eigenvalue weighted by Gasteiger charge is -2.22. The summed E-state index contributed by atoms with van der Waals surface area (Å²) >= 11 is 1.48. The zero-order valence-corrected chi connectivity index (χ0v) is 13.8. The van der Waals surface area contributed by atoms with Gasteiger partial charge < -0.3 is 0 Å². The summed E-state index contributed by atoms with van der Waals surface area (Å²) < 4.78 is 40.0. The number of halogens is 1. The van der Waals surface area contributed by atoms with E-state index in [1.165, 1.54) is 18.7 Å². The molecule has 0 saturated heterocycles. The van der Waals surface area contributed by atoms with Gasteiger partial charge in [-0.15, -0.1) is 0 Å². The van der Waals surface area contributed by atoms with Gasteiger partial charge in [-0.25, -0.2) is 13.1 Å². The molecule has 0 bridgehead atoms. The van der Waals surface area contributed by atoms with Crippen LogP contribution in [0.3, 0.4) is 0 Å². The summed E-state index contributed by atoms with van der Waals surface area (Å²) in [5.41, 5.74) is -0.937. The maximum atomic E-state index is 13.6. The third-order valence-electron chi connectivity index (χ3n) is 2.96. The van der Waals surface area contributed by atoms with Gasteiger partial charge in [-0.1, -0.05) is 0 Å². The molecule has 0 atom stereocenters. The third-order valence-corrected chi connectivity index (χ3v) is 5.59. The third kappa shape index (κ3) is 4.39. The highest BCUT2D eigenvalue weighted by Crippen LogP contribution is 2.26. The summed E-state index contributed by atoms with van der Waals surface area (Å²) in [5.74, 6) is -1.02. The van der Waals surface area contributed by atoms with Crippen LogP contribution in [0.4, 0.5) is 10.1 Å². The van der Waals surface area contributed by atoms with E-state index >= 15 is 0 Å². The number of nitro benzene ring substituents is 1. The van der Waals surface area contributed by atoms with Gasteiger partial charge >= 0.3 is 5.69 Å². The Morgan fingerprint density at radius 2 is 2.00 bits per heavy atom. The molecule has 0 radical (unpaired) electrons. The molecule has 0 spiro atoms. The van der Waals surface area contributed by atoms with Gasteiger partial charge in [-0.2, -0.15) is 16.2 Å². The average Bonchev–Trinajstić information content (AvgIpc) is 2.39. The molecular weight excluding hydrogens is 319 g/mol. The summed E-state index contributed by atoms with van der Waals surface area (Å²) in [4.78, 5) is 9.51. The van der Waals surface area contributed by atoms with Crippen molar-refractivity contribution in [3.63, 3.8) is 0 Å². The lowest BCUT2D eigenvalue weighted by molar-refractivity contribution is -0.387. The van der Waals surface area contributed by atoms with Crippen LogP contribution in [0.25, 0.3) is 0 Å². The number of benzene rings is 1. The molecule has 0 aromatic heterocycles. The van der Waals surface area contributed by atoms with Crippen LogP contribution >= 0.6 is 11.8 Å². The van der Waals surface area contributed by atoms with Gasteiger partial charge in [0.15, 0.2) is 0 Å². The van der Waals surface area contributed by atoms with Crippen molar-refractivity contribution < 1.29 is 17.7 Å². The highest BCUT2D eigenvalue weighted by Gasteiger charge is 2.26. The quantitative estimate of drug-likeness (QED) is 0.637. The second kappa shape index (κ2) is 6.29. The van der Waals surface area contributed by atoms with E-state index in [2.05, 4.69) is 4.72 Å². The summed E-state index contributed by atoms with van der Waals surface area (Å²) in [6.45, 7) is 5.16. The van der Waals surface area contributed by atoms with Crippen LogP contribution in [0.2, 0.25) is 0 Å². The minimum Gasteiger partial charge on any atom is -0.258 e. The minimum atomic E-state index is -3.93. The Morgan fingerprint density at radius 1 is 1.43 bits per heavy atom. The predicted octanol–water partition coefficient (Wildman–Crippen LogP) is 2.46. The Balaban J connectivity index is 3.18. The van der Waals surface area contributed by atoms with Crippen LogP contribution in [0.5, 0.6) is 0 Å². The van der Waals surface area contributed by atoms with Gasteiger partial charge in [0.05, 0.1) is 9.82 Å². The first kappa shape index (κ1) is 17.9. The Labute approximate surface area is 127 Å². The zero-order valence-electron chi connectivity index (χ0n) is 12.1. The molecule has 0 unspecified atom stereocenters. The summed E-state index contributed by atoms with van der Waals surface area (Å²) in [6.07, 6.45) is 1.85. The molecule has 0 aliphatic heterocycles. The van der Waals surface area contributed by atoms with Crippen molar-refractivity contribution in [3.8, 4) is 0 Å². The van der Waals surface area contributed by atoms with E-state index in [1.807, 2.05) is 20.1 Å². The Hall–Kier alpha value is -1.19. The molecule has 0 fully saturated rings. The first-order valence-corrected chi connectivity index (χ1v) is 8.70. The van der Waals surface area contributed by atoms with Gasteiger partial charge in [-0.05, 0) is 38.7 Å². The summed E-state index contributed by atoms with van der Waals surface area (Å²) in [7, 11) is -3.93. The number of nitrogens with one attached hydrogen (secondary N) is 1. The number of hydrogen-bond donors (Lipinski definition) is 1. The van der Waals surface area contributed by atoms with Gasteiger partial charge in [0, 0.05) is 17.4 Å². The Bertz CT molecular complexity index is 659. The molecule has 118 valence electrons. The highest BCUT2D eigenvalue weighted by atomic mass is 32.2. The van der Waals surface area contributed by atoms with Crippen LogP contribution in [0, 0.1) is 22.9 Å². The van der Waals surface area contributed by atoms with Crippen LogP contribution < -0.4 is 4.72 Å². The average molecular weight is 336 g/mol. The number of thioether (sulfide) groups is 1. The van der Waals surface area contributed by atoms with Gasteiger partial charge in [0.25, 0.3) is 0 Å². The van der Waals surface area contributed by atoms with Crippen molar-refractivity contribution in [1.82, 2.24) is 4.72 Å². The molecule has 0 aliphatic rings. The molecule has 1 aromatic rings. The molecule has 0 amide bonds. The zero-order chi connectivity index (χ0) is 16.4. The smallest absolute Gasteiger partial charge is 0.258 e. The molecule has 0 heterocycles. The number of nitrogens with zero attached hydrogens (tertiary/aromatic N) is 1. The van der Waals surface area contributed by atoms with Crippen molar-refractivity contribution in [3.05, 3.63) is 33.6 Å². The van der Waals surface area contributed by atoms with Crippen molar-refractivity contribution in [1.29, 1.82) is 0 Å². The Morgan fingerprint density at radius 3 is 2.48 bits per heavy atom. The fraction of sp³-hybridized carbons (Fsp3) is 0.500. The van der Waals surface area contributed by atoms with Crippen molar-refractivity contribution in [2.45, 2.75) is 30.4 Å². The van der Waals surface area contributed by atoms with Gasteiger partial charge in [0.2, 0.25) is 15.8 Å². The Kier molecular flexibility index (Phi) is 5.35. The van der Waals surface area contributed by atoms with Gasteiger partial charge in [0.1, 0.15) is 0 Å². The first-order valence-electron chi connectivity index (χ1n) is 5.99. The van der Waals surface area contributed by atoms with E-state index in [9.17, 15) is 22.9 Å². The highest BCUT2D eigenvalue weighted by molar-refractivity contribution is 8.00. The van der Waals surface area contributed by atoms with E-state index in [0.717, 1.165) is 12.1 Å². The lowest BCUT2D eigenvalue weighted by Crippen LogP contribution is -2.36. The maximum absolute atomic E-state index is 13.6. The second-order valence-corrected chi connectivity index (χ2v) is 8.40. The fourth-order valence-corrected chi connectivity index (χ4v) is 3.05. The van der Waals surface area contributed by atoms with E-state index in [0.29, 0.717) is 0 Å². The van der Waals surface area contributed by atoms with Crippen molar-refractivity contribution in [2.75, 3.05) is 12.8 Å². The summed E-state index contributed by atoms with van der Waals surface area (Å²) in [5, 5.41) is 10.8. The van der Waals surface area contributed by atoms with Crippen LogP contribution in [-0.2, 0) is 10.0 Å². The first-order chi connectivity index (χ1) is 9.50. The maximum Gasteiger partial charge on any atom is 0.306 e. The van der Waals surface area contributed by atoms with E-state index in [1.54, 1.807) is 0 Å². The molecule has 6 nitrogen and oxygen atoms in total. The molecule has 1 N–H and O–H groups in total. The molecule has 1 aromatic carbocycles. The molecule has 21 heavy (non-hydrogen) atoms. The van der Waals surface area contributed by atoms with E-state index in [4.69, 9.17) is 0 Å². The van der Waals surface area contributed by atoms with Crippen molar-refractivity contribution >= 4 is 27.5 Å². The molecule has 0 aliphatic carbocycles. The number of nitro groups is 1. The molecular formula is C12H17FN2O4S2. The monoisotopic (exact) mass is 336 g/mol. The molecule has 1 rings (SSSR count). The summed E-state index contributed by atoms with van der Waals surface area (Å²) in [6, 6.07) is 1.81. The van der Waals surface area contributed by atoms with Gasteiger partial charge in [-0.3, -0.25) is 10.1 Å². The topological polar surface area (TPSA) is 89.3 Å². The van der Waals surface area contributed by atoms with E-state index < -0.39 is 26.5 Å². The predicted molar refractivity (Wildman–Crippen MR) is 80.6 cm³/mol. The standard InChI is InChI=1S/C12H17FN2O4S2/c1-8-5-9(6-10(11(8)13)15(16)17)21(18,19)14-7-12(2,3)20-4/h5-6,14H,7H2,1-4H3. The SMILES string of the molecule is CSC(C)(C)CNS(=O)(=O)c1cc(C)c(F)c([N+](=O)[O-])c1. The number of hydrogen-bond acceptors (Lipinski definition) is 5. The number of sulfonamides is 1. The largest absolute Gasteiger partial charge is 0.306 e. The van der Waals surface area contributed by atoms with E-state index in [-0.39, 0.29) is 21.8 Å². The van der Waals surface area contributed by atoms with Crippen molar-refractivity contribution in [2.24, 2.45) is 0 Å². The van der Waals surface area contributed by atoms with Crippen LogP contribution in [0.15, 0.2) is 17.0 Å².